The van der Waals surface area contributed by atoms with Gasteiger partial charge in [0.05, 0.1) is 6.10 Å². The van der Waals surface area contributed by atoms with Crippen LogP contribution in [0.25, 0.3) is 0 Å². The van der Waals surface area contributed by atoms with Crippen molar-refractivity contribution >= 4 is 17.7 Å². The summed E-state index contributed by atoms with van der Waals surface area (Å²) in [6.07, 6.45) is 1.03. The maximum atomic E-state index is 13.4. The molecule has 3 aromatic rings. The van der Waals surface area contributed by atoms with Crippen molar-refractivity contribution < 1.29 is 24.0 Å². The predicted molar refractivity (Wildman–Crippen MR) is 158 cm³/mol. The summed E-state index contributed by atoms with van der Waals surface area (Å²) in [4.78, 5) is 41.8. The lowest BCUT2D eigenvalue weighted by molar-refractivity contribution is -0.131. The van der Waals surface area contributed by atoms with Crippen LogP contribution < -0.4 is 16.0 Å². The van der Waals surface area contributed by atoms with Gasteiger partial charge in [-0.15, -0.1) is 0 Å². The van der Waals surface area contributed by atoms with E-state index < -0.39 is 30.0 Å². The van der Waals surface area contributed by atoms with E-state index in [4.69, 9.17) is 4.52 Å². The summed E-state index contributed by atoms with van der Waals surface area (Å²) >= 11 is 0. The molecule has 2 heterocycles. The Morgan fingerprint density at radius 1 is 0.976 bits per heavy atom. The third kappa shape index (κ3) is 8.99. The van der Waals surface area contributed by atoms with Crippen LogP contribution >= 0.6 is 0 Å². The second kappa shape index (κ2) is 14.7. The average molecular weight is 576 g/mol. The first-order valence-electron chi connectivity index (χ1n) is 14.5. The summed E-state index contributed by atoms with van der Waals surface area (Å²) in [6.45, 7) is 8.06. The van der Waals surface area contributed by atoms with Crippen LogP contribution in [-0.2, 0) is 22.7 Å². The number of aliphatic hydroxyl groups excluding tert-OH is 1. The zero-order valence-corrected chi connectivity index (χ0v) is 24.5. The van der Waals surface area contributed by atoms with Gasteiger partial charge < -0.3 is 25.6 Å². The van der Waals surface area contributed by atoms with Crippen molar-refractivity contribution in [1.29, 1.82) is 0 Å². The van der Waals surface area contributed by atoms with E-state index in [1.54, 1.807) is 6.92 Å². The van der Waals surface area contributed by atoms with Gasteiger partial charge in [-0.2, -0.15) is 0 Å². The molecule has 0 spiro atoms. The lowest BCUT2D eigenvalue weighted by Gasteiger charge is -2.34. The molecule has 0 unspecified atom stereocenters. The predicted octanol–water partition coefficient (Wildman–Crippen LogP) is 2.87. The van der Waals surface area contributed by atoms with Gasteiger partial charge in [-0.05, 0) is 70.2 Å². The van der Waals surface area contributed by atoms with Crippen molar-refractivity contribution in [3.63, 3.8) is 0 Å². The molecule has 3 atom stereocenters. The largest absolute Gasteiger partial charge is 0.391 e. The number of piperidine rings is 1. The Labute approximate surface area is 246 Å². The highest BCUT2D eigenvalue weighted by Gasteiger charge is 2.32. The van der Waals surface area contributed by atoms with Crippen LogP contribution in [0.4, 0.5) is 0 Å². The fourth-order valence-corrected chi connectivity index (χ4v) is 5.16. The van der Waals surface area contributed by atoms with Crippen LogP contribution in [0.3, 0.4) is 0 Å². The molecule has 1 aromatic heterocycles. The quantitative estimate of drug-likeness (QED) is 0.261. The number of hydrogen-bond acceptors (Lipinski definition) is 7. The Bertz CT molecular complexity index is 1320. The minimum absolute atomic E-state index is 0.000559. The molecule has 0 aliphatic carbocycles. The third-order valence-corrected chi connectivity index (χ3v) is 7.66. The number of nitrogens with one attached hydrogen (secondary N) is 3. The first kappa shape index (κ1) is 30.9. The van der Waals surface area contributed by atoms with Gasteiger partial charge >= 0.3 is 0 Å². The maximum Gasteiger partial charge on any atom is 0.274 e. The van der Waals surface area contributed by atoms with Crippen LogP contribution in [0.15, 0.2) is 65.2 Å². The van der Waals surface area contributed by atoms with Gasteiger partial charge in [0.25, 0.3) is 5.91 Å². The molecule has 1 aliphatic rings. The summed E-state index contributed by atoms with van der Waals surface area (Å²) in [7, 11) is 0. The number of aromatic nitrogens is 1. The van der Waals surface area contributed by atoms with Crippen LogP contribution in [0.1, 0.15) is 59.1 Å². The Morgan fingerprint density at radius 3 is 2.29 bits per heavy atom. The summed E-state index contributed by atoms with van der Waals surface area (Å²) in [5, 5.41) is 22.3. The fraction of sp³-hybridized carbons (Fsp3) is 0.438. The number of hydrogen-bond donors (Lipinski definition) is 4. The number of benzene rings is 2. The van der Waals surface area contributed by atoms with Gasteiger partial charge in [0.15, 0.2) is 5.69 Å². The van der Waals surface area contributed by atoms with Crippen LogP contribution in [-0.4, -0.2) is 64.2 Å². The number of carbonyl (C=O) groups is 3. The Kier molecular flexibility index (Phi) is 10.9. The molecule has 3 amide bonds. The van der Waals surface area contributed by atoms with Gasteiger partial charge in [0, 0.05) is 19.2 Å². The zero-order chi connectivity index (χ0) is 30.1. The monoisotopic (exact) mass is 575 g/mol. The second-order valence-electron chi connectivity index (χ2n) is 11.2. The Morgan fingerprint density at radius 2 is 1.67 bits per heavy atom. The molecule has 1 saturated heterocycles. The van der Waals surface area contributed by atoms with E-state index in [0.29, 0.717) is 18.7 Å². The number of nitrogens with zero attached hydrogens (tertiary/aromatic N) is 2. The van der Waals surface area contributed by atoms with Gasteiger partial charge in [0.1, 0.15) is 17.8 Å². The lowest BCUT2D eigenvalue weighted by Crippen LogP contribution is -2.57. The summed E-state index contributed by atoms with van der Waals surface area (Å²) < 4.78 is 4.95. The average Bonchev–Trinajstić information content (AvgIpc) is 3.42. The molecule has 0 saturated carbocycles. The summed E-state index contributed by atoms with van der Waals surface area (Å²) in [5.41, 5.74) is 3.34. The lowest BCUT2D eigenvalue weighted by atomic mass is 9.89. The summed E-state index contributed by atoms with van der Waals surface area (Å²) in [6, 6.07) is 17.5. The van der Waals surface area contributed by atoms with Crippen molar-refractivity contribution in [2.24, 2.45) is 5.92 Å². The molecule has 2 aromatic carbocycles. The normalized spacial score (nSPS) is 16.3. The molecule has 4 N–H and O–H groups in total. The van der Waals surface area contributed by atoms with E-state index in [2.05, 4.69) is 38.1 Å². The Hall–Kier alpha value is -4.02. The molecule has 224 valence electrons. The standard InChI is InChI=1S/C32H41N5O5/c1-21-9-11-25(12-10-21)19-33-30(39)27(18-24-13-15-37(16-14-24)20-26-7-5-4-6-8-26)34-32(41)29(23(3)38)35-31(40)28-17-22(2)42-36-28/h4-12,17,23-24,27,29,38H,13-16,18-20H2,1-3H3,(H,33,39)(H,34,41)(H,35,40)/t23-,27+,29+/m1/s1. The van der Waals surface area contributed by atoms with Gasteiger partial charge in [0.2, 0.25) is 11.8 Å². The number of aliphatic hydroxyl groups is 1. The van der Waals surface area contributed by atoms with E-state index in [1.165, 1.54) is 18.6 Å². The first-order valence-corrected chi connectivity index (χ1v) is 14.5. The molecule has 1 fully saturated rings. The van der Waals surface area contributed by atoms with Crippen LogP contribution in [0.5, 0.6) is 0 Å². The van der Waals surface area contributed by atoms with E-state index in [0.717, 1.165) is 43.6 Å². The molecular weight excluding hydrogens is 534 g/mol. The van der Waals surface area contributed by atoms with Crippen molar-refractivity contribution in [2.45, 2.75) is 71.3 Å². The summed E-state index contributed by atoms with van der Waals surface area (Å²) in [5.74, 6) is -0.934. The second-order valence-corrected chi connectivity index (χ2v) is 11.2. The Balaban J connectivity index is 1.40. The number of likely N-dealkylation sites (tertiary alicyclic amines) is 1. The molecule has 10 nitrogen and oxygen atoms in total. The van der Waals surface area contributed by atoms with E-state index in [1.807, 2.05) is 49.4 Å². The molecule has 0 bridgehead atoms. The molecular formula is C32H41N5O5. The third-order valence-electron chi connectivity index (χ3n) is 7.66. The van der Waals surface area contributed by atoms with Gasteiger partial charge in [-0.25, -0.2) is 0 Å². The van der Waals surface area contributed by atoms with Crippen molar-refractivity contribution in [3.05, 3.63) is 88.8 Å². The number of amides is 3. The van der Waals surface area contributed by atoms with Gasteiger partial charge in [-0.1, -0.05) is 65.3 Å². The minimum Gasteiger partial charge on any atom is -0.391 e. The van der Waals surface area contributed by atoms with Crippen LogP contribution in [0.2, 0.25) is 0 Å². The smallest absolute Gasteiger partial charge is 0.274 e. The van der Waals surface area contributed by atoms with E-state index in [-0.39, 0.29) is 17.5 Å². The molecule has 1 aliphatic heterocycles. The topological polar surface area (TPSA) is 137 Å². The van der Waals surface area contributed by atoms with Crippen LogP contribution in [0, 0.1) is 19.8 Å². The maximum absolute atomic E-state index is 13.4. The highest BCUT2D eigenvalue weighted by atomic mass is 16.5. The number of rotatable bonds is 12. The number of aryl methyl sites for hydroxylation is 2. The van der Waals surface area contributed by atoms with Crippen molar-refractivity contribution in [1.82, 2.24) is 26.0 Å². The van der Waals surface area contributed by atoms with Crippen molar-refractivity contribution in [2.75, 3.05) is 13.1 Å². The first-order chi connectivity index (χ1) is 20.2. The SMILES string of the molecule is Cc1ccc(CNC(=O)[C@H](CC2CCN(Cc3ccccc3)CC2)NC(=O)[C@@H](NC(=O)c2cc(C)on2)[C@@H](C)O)cc1. The highest BCUT2D eigenvalue weighted by Crippen LogP contribution is 2.23. The zero-order valence-electron chi connectivity index (χ0n) is 24.5. The highest BCUT2D eigenvalue weighted by molar-refractivity contribution is 5.97. The fourth-order valence-electron chi connectivity index (χ4n) is 5.16. The van der Waals surface area contributed by atoms with E-state index >= 15 is 0 Å². The van der Waals surface area contributed by atoms with Gasteiger partial charge in [-0.3, -0.25) is 19.3 Å². The number of carbonyl (C=O) groups excluding carboxylic acids is 3. The molecule has 0 radical (unpaired) electrons. The molecule has 4 rings (SSSR count). The molecule has 10 heteroatoms. The minimum atomic E-state index is -1.28. The van der Waals surface area contributed by atoms with E-state index in [9.17, 15) is 19.5 Å². The molecule has 42 heavy (non-hydrogen) atoms. The van der Waals surface area contributed by atoms with Crippen molar-refractivity contribution in [3.8, 4) is 0 Å².